The highest BCUT2D eigenvalue weighted by Crippen LogP contribution is 2.22. The van der Waals surface area contributed by atoms with E-state index in [0.29, 0.717) is 12.1 Å². The van der Waals surface area contributed by atoms with Crippen molar-refractivity contribution >= 4 is 11.3 Å². The zero-order chi connectivity index (χ0) is 9.80. The summed E-state index contributed by atoms with van der Waals surface area (Å²) in [4.78, 5) is 0. The predicted octanol–water partition coefficient (Wildman–Crippen LogP) is 2.06. The summed E-state index contributed by atoms with van der Waals surface area (Å²) in [6.07, 6.45) is 4.02. The molecule has 0 aliphatic heterocycles. The number of hydrogen-bond donors (Lipinski definition) is 1. The first-order valence-electron chi connectivity index (χ1n) is 5.15. The van der Waals surface area contributed by atoms with Crippen LogP contribution in [0, 0.1) is 0 Å². The van der Waals surface area contributed by atoms with Gasteiger partial charge in [0.05, 0.1) is 6.10 Å². The molecule has 0 atom stereocenters. The lowest BCUT2D eigenvalue weighted by atomic mass is 9.89. The molecule has 3 heteroatoms. The normalized spacial score (nSPS) is 26.1. The molecule has 2 nitrogen and oxygen atoms in total. The molecule has 1 aliphatic rings. The summed E-state index contributed by atoms with van der Waals surface area (Å²) < 4.78 is 5.23. The van der Waals surface area contributed by atoms with Crippen LogP contribution in [0.3, 0.4) is 0 Å². The van der Waals surface area contributed by atoms with Gasteiger partial charge in [0.2, 0.25) is 0 Å². The average Bonchev–Trinajstić information content (AvgIpc) is 2.61. The van der Waals surface area contributed by atoms with Crippen molar-refractivity contribution in [1.82, 2.24) is 5.32 Å². The third-order valence-electron chi connectivity index (χ3n) is 2.85. The van der Waals surface area contributed by atoms with Crippen LogP contribution in [0.5, 0.6) is 0 Å². The molecule has 0 unspecified atom stereocenters. The second-order valence-corrected chi connectivity index (χ2v) is 4.64. The van der Waals surface area contributed by atoms with Crippen LogP contribution < -0.4 is 5.32 Å². The second kappa shape index (κ2) is 4.91. The summed E-state index contributed by atoms with van der Waals surface area (Å²) >= 11 is 1.77. The summed E-state index contributed by atoms with van der Waals surface area (Å²) in [7, 11) is 1.80. The van der Waals surface area contributed by atoms with E-state index in [2.05, 4.69) is 22.1 Å². The van der Waals surface area contributed by atoms with E-state index in [-0.39, 0.29) is 0 Å². The largest absolute Gasteiger partial charge is 0.381 e. The van der Waals surface area contributed by atoms with Gasteiger partial charge in [0.15, 0.2) is 0 Å². The average molecular weight is 211 g/mol. The van der Waals surface area contributed by atoms with Crippen LogP contribution in [-0.2, 0) is 11.2 Å². The van der Waals surface area contributed by atoms with Gasteiger partial charge in [-0.15, -0.1) is 0 Å². The van der Waals surface area contributed by atoms with Crippen molar-refractivity contribution < 1.29 is 4.74 Å². The van der Waals surface area contributed by atoms with Crippen LogP contribution in [0.1, 0.15) is 18.4 Å². The fourth-order valence-corrected chi connectivity index (χ4v) is 2.48. The van der Waals surface area contributed by atoms with E-state index < -0.39 is 0 Å². The monoisotopic (exact) mass is 211 g/mol. The van der Waals surface area contributed by atoms with Crippen molar-refractivity contribution in [2.45, 2.75) is 31.4 Å². The lowest BCUT2D eigenvalue weighted by Gasteiger charge is -2.34. The van der Waals surface area contributed by atoms with E-state index >= 15 is 0 Å². The van der Waals surface area contributed by atoms with Crippen LogP contribution in [-0.4, -0.2) is 25.8 Å². The maximum atomic E-state index is 5.23. The van der Waals surface area contributed by atoms with Gasteiger partial charge in [-0.3, -0.25) is 0 Å². The Morgan fingerprint density at radius 1 is 1.57 bits per heavy atom. The quantitative estimate of drug-likeness (QED) is 0.805. The molecule has 1 heterocycles. The Labute approximate surface area is 89.3 Å². The highest BCUT2D eigenvalue weighted by molar-refractivity contribution is 7.07. The third kappa shape index (κ3) is 2.56. The number of methoxy groups -OCH3 is 1. The van der Waals surface area contributed by atoms with Crippen LogP contribution in [0.4, 0.5) is 0 Å². The van der Waals surface area contributed by atoms with Crippen LogP contribution >= 0.6 is 11.3 Å². The smallest absolute Gasteiger partial charge is 0.0601 e. The Morgan fingerprint density at radius 2 is 2.43 bits per heavy atom. The van der Waals surface area contributed by atoms with Gasteiger partial charge in [-0.1, -0.05) is 0 Å². The van der Waals surface area contributed by atoms with Gasteiger partial charge in [-0.25, -0.2) is 0 Å². The van der Waals surface area contributed by atoms with E-state index in [1.54, 1.807) is 18.4 Å². The van der Waals surface area contributed by atoms with Gasteiger partial charge in [-0.2, -0.15) is 11.3 Å². The minimum Gasteiger partial charge on any atom is -0.381 e. The molecule has 14 heavy (non-hydrogen) atoms. The van der Waals surface area contributed by atoms with Crippen molar-refractivity contribution in [1.29, 1.82) is 0 Å². The lowest BCUT2D eigenvalue weighted by Crippen LogP contribution is -2.45. The van der Waals surface area contributed by atoms with Gasteiger partial charge < -0.3 is 10.1 Å². The van der Waals surface area contributed by atoms with Crippen molar-refractivity contribution in [3.05, 3.63) is 22.4 Å². The highest BCUT2D eigenvalue weighted by Gasteiger charge is 2.27. The molecule has 1 N–H and O–H groups in total. The summed E-state index contributed by atoms with van der Waals surface area (Å²) in [5.41, 5.74) is 1.45. The minimum atomic E-state index is 0.508. The SMILES string of the molecule is COC1CC(NCCc2ccsc2)C1. The fourth-order valence-electron chi connectivity index (χ4n) is 1.78. The first-order valence-corrected chi connectivity index (χ1v) is 6.10. The van der Waals surface area contributed by atoms with Gasteiger partial charge in [-0.05, 0) is 48.2 Å². The van der Waals surface area contributed by atoms with Crippen molar-refractivity contribution in [2.75, 3.05) is 13.7 Å². The summed E-state index contributed by atoms with van der Waals surface area (Å²) in [6, 6.07) is 2.89. The zero-order valence-electron chi connectivity index (χ0n) is 8.53. The Hall–Kier alpha value is -0.380. The Bertz CT molecular complexity index is 254. The summed E-state index contributed by atoms with van der Waals surface area (Å²) in [5, 5.41) is 7.91. The van der Waals surface area contributed by atoms with Gasteiger partial charge in [0.1, 0.15) is 0 Å². The maximum absolute atomic E-state index is 5.23. The molecule has 1 aliphatic carbocycles. The van der Waals surface area contributed by atoms with Gasteiger partial charge in [0.25, 0.3) is 0 Å². The molecule has 0 spiro atoms. The second-order valence-electron chi connectivity index (χ2n) is 3.86. The molecule has 2 rings (SSSR count). The number of hydrogen-bond acceptors (Lipinski definition) is 3. The maximum Gasteiger partial charge on any atom is 0.0601 e. The molecule has 1 aromatic rings. The summed E-state index contributed by atoms with van der Waals surface area (Å²) in [6.45, 7) is 1.10. The Balaban J connectivity index is 1.56. The summed E-state index contributed by atoms with van der Waals surface area (Å²) in [5.74, 6) is 0. The first kappa shape index (κ1) is 10.1. The van der Waals surface area contributed by atoms with Gasteiger partial charge in [0, 0.05) is 13.2 Å². The molecule has 78 valence electrons. The molecule has 0 amide bonds. The topological polar surface area (TPSA) is 21.3 Å². The lowest BCUT2D eigenvalue weighted by molar-refractivity contribution is 0.0177. The minimum absolute atomic E-state index is 0.508. The molecule has 0 bridgehead atoms. The van der Waals surface area contributed by atoms with Gasteiger partial charge >= 0.3 is 0 Å². The van der Waals surface area contributed by atoms with Crippen molar-refractivity contribution in [2.24, 2.45) is 0 Å². The van der Waals surface area contributed by atoms with Crippen molar-refractivity contribution in [3.8, 4) is 0 Å². The van der Waals surface area contributed by atoms with Crippen molar-refractivity contribution in [3.63, 3.8) is 0 Å². The molecular weight excluding hydrogens is 194 g/mol. The number of nitrogens with one attached hydrogen (secondary N) is 1. The van der Waals surface area contributed by atoms with E-state index in [1.807, 2.05) is 0 Å². The van der Waals surface area contributed by atoms with E-state index in [1.165, 1.54) is 18.4 Å². The zero-order valence-corrected chi connectivity index (χ0v) is 9.35. The van der Waals surface area contributed by atoms with E-state index in [0.717, 1.165) is 13.0 Å². The molecule has 0 radical (unpaired) electrons. The molecule has 0 saturated heterocycles. The molecule has 1 saturated carbocycles. The van der Waals surface area contributed by atoms with Crippen LogP contribution in [0.2, 0.25) is 0 Å². The van der Waals surface area contributed by atoms with Crippen LogP contribution in [0.15, 0.2) is 16.8 Å². The van der Waals surface area contributed by atoms with E-state index in [4.69, 9.17) is 4.74 Å². The molecule has 1 fully saturated rings. The molecule has 0 aromatic carbocycles. The third-order valence-corrected chi connectivity index (χ3v) is 3.59. The molecular formula is C11H17NOS. The number of rotatable bonds is 5. The van der Waals surface area contributed by atoms with Crippen LogP contribution in [0.25, 0.3) is 0 Å². The van der Waals surface area contributed by atoms with E-state index in [9.17, 15) is 0 Å². The Kier molecular flexibility index (Phi) is 3.56. The highest BCUT2D eigenvalue weighted by atomic mass is 32.1. The number of thiophene rings is 1. The number of ether oxygens (including phenoxy) is 1. The fraction of sp³-hybridized carbons (Fsp3) is 0.636. The first-order chi connectivity index (χ1) is 6.88. The molecule has 1 aromatic heterocycles. The Morgan fingerprint density at radius 3 is 3.07 bits per heavy atom. The standard InChI is InChI=1S/C11H17NOS/c1-13-11-6-10(7-11)12-4-2-9-3-5-14-8-9/h3,5,8,10-12H,2,4,6-7H2,1H3. The predicted molar refractivity (Wildman–Crippen MR) is 59.8 cm³/mol.